The summed E-state index contributed by atoms with van der Waals surface area (Å²) < 4.78 is 9.72. The van der Waals surface area contributed by atoms with Crippen LogP contribution in [0.15, 0.2) is 18.2 Å². The maximum atomic E-state index is 11.6. The molecule has 0 saturated heterocycles. The normalized spacial score (nSPS) is 10.1. The van der Waals surface area contributed by atoms with E-state index in [0.717, 1.165) is 6.07 Å². The Balaban J connectivity index is 2.72. The molecule has 7 nitrogen and oxygen atoms in total. The van der Waals surface area contributed by atoms with Crippen LogP contribution in [0.5, 0.6) is 0 Å². The van der Waals surface area contributed by atoms with E-state index in [0.29, 0.717) is 13.0 Å². The molecule has 0 unspecified atom stereocenters. The molecule has 7 heteroatoms. The van der Waals surface area contributed by atoms with Gasteiger partial charge in [0.15, 0.2) is 0 Å². The minimum absolute atomic E-state index is 0.00150. The van der Waals surface area contributed by atoms with Crippen LogP contribution >= 0.6 is 0 Å². The number of non-ortho nitro benzene ring substituents is 1. The molecule has 1 aromatic rings. The molecule has 0 saturated carbocycles. The number of methoxy groups -OCH3 is 1. The molecule has 1 rings (SSSR count). The number of carbonyl (C=O) groups is 1. The summed E-state index contributed by atoms with van der Waals surface area (Å²) in [5.41, 5.74) is 5.52. The number of nitro benzene ring substituents is 1. The Kier molecular flexibility index (Phi) is 5.06. The SMILES string of the molecule is COCCCOC(=O)c1cc([N+](=O)[O-])ccc1N. The first-order valence-electron chi connectivity index (χ1n) is 5.26. The largest absolute Gasteiger partial charge is 0.462 e. The van der Waals surface area contributed by atoms with Crippen molar-refractivity contribution in [1.29, 1.82) is 0 Å². The first kappa shape index (κ1) is 13.9. The fourth-order valence-corrected chi connectivity index (χ4v) is 1.28. The lowest BCUT2D eigenvalue weighted by Gasteiger charge is -2.06. The second kappa shape index (κ2) is 6.55. The number of anilines is 1. The van der Waals surface area contributed by atoms with Gasteiger partial charge in [0.25, 0.3) is 5.69 Å². The van der Waals surface area contributed by atoms with Crippen LogP contribution in [0.25, 0.3) is 0 Å². The summed E-state index contributed by atoms with van der Waals surface area (Å²) in [6.07, 6.45) is 0.553. The number of hydrogen-bond acceptors (Lipinski definition) is 6. The molecule has 0 spiro atoms. The van der Waals surface area contributed by atoms with Gasteiger partial charge in [-0.3, -0.25) is 10.1 Å². The maximum Gasteiger partial charge on any atom is 0.340 e. The summed E-state index contributed by atoms with van der Waals surface area (Å²) in [5.74, 6) is -0.674. The molecule has 0 aliphatic heterocycles. The highest BCUT2D eigenvalue weighted by Gasteiger charge is 2.16. The molecule has 0 bridgehead atoms. The zero-order valence-electron chi connectivity index (χ0n) is 9.92. The number of benzene rings is 1. The maximum absolute atomic E-state index is 11.6. The summed E-state index contributed by atoms with van der Waals surface area (Å²) in [7, 11) is 1.54. The predicted octanol–water partition coefficient (Wildman–Crippen LogP) is 1.37. The first-order chi connectivity index (χ1) is 8.56. The van der Waals surface area contributed by atoms with Crippen LogP contribution in [0.1, 0.15) is 16.8 Å². The van der Waals surface area contributed by atoms with E-state index in [-0.39, 0.29) is 23.5 Å². The van der Waals surface area contributed by atoms with Crippen LogP contribution in [-0.4, -0.2) is 31.2 Å². The summed E-state index contributed by atoms with van der Waals surface area (Å²) in [4.78, 5) is 21.6. The second-order valence-corrected chi connectivity index (χ2v) is 3.51. The van der Waals surface area contributed by atoms with E-state index in [2.05, 4.69) is 0 Å². The molecule has 18 heavy (non-hydrogen) atoms. The second-order valence-electron chi connectivity index (χ2n) is 3.51. The number of nitrogens with two attached hydrogens (primary N) is 1. The average Bonchev–Trinajstić information content (AvgIpc) is 2.34. The number of nitrogens with zero attached hydrogens (tertiary/aromatic N) is 1. The zero-order chi connectivity index (χ0) is 13.5. The zero-order valence-corrected chi connectivity index (χ0v) is 9.92. The topological polar surface area (TPSA) is 105 Å². The molecule has 0 radical (unpaired) electrons. The molecule has 0 aliphatic rings. The standard InChI is InChI=1S/C11H14N2O5/c1-17-5-2-6-18-11(14)9-7-8(13(15)16)3-4-10(9)12/h3-4,7H,2,5-6,12H2,1H3. The van der Waals surface area contributed by atoms with Gasteiger partial charge in [-0.2, -0.15) is 0 Å². The van der Waals surface area contributed by atoms with Crippen LogP contribution in [0, 0.1) is 10.1 Å². The average molecular weight is 254 g/mol. The van der Waals surface area contributed by atoms with Gasteiger partial charge in [-0.15, -0.1) is 0 Å². The Bertz CT molecular complexity index is 447. The van der Waals surface area contributed by atoms with Gasteiger partial charge in [-0.25, -0.2) is 4.79 Å². The van der Waals surface area contributed by atoms with E-state index in [9.17, 15) is 14.9 Å². The van der Waals surface area contributed by atoms with Crippen LogP contribution in [0.2, 0.25) is 0 Å². The fourth-order valence-electron chi connectivity index (χ4n) is 1.28. The number of esters is 1. The lowest BCUT2D eigenvalue weighted by atomic mass is 10.1. The Morgan fingerprint density at radius 2 is 2.17 bits per heavy atom. The van der Waals surface area contributed by atoms with Gasteiger partial charge in [-0.05, 0) is 6.07 Å². The smallest absolute Gasteiger partial charge is 0.340 e. The Morgan fingerprint density at radius 3 is 2.78 bits per heavy atom. The van der Waals surface area contributed by atoms with E-state index in [1.807, 2.05) is 0 Å². The number of nitro groups is 1. The van der Waals surface area contributed by atoms with Crippen molar-refractivity contribution in [2.24, 2.45) is 0 Å². The molecular formula is C11H14N2O5. The number of hydrogen-bond donors (Lipinski definition) is 1. The molecule has 0 atom stereocenters. The highest BCUT2D eigenvalue weighted by Crippen LogP contribution is 2.20. The number of carbonyl (C=O) groups excluding carboxylic acids is 1. The third kappa shape index (κ3) is 3.70. The van der Waals surface area contributed by atoms with E-state index >= 15 is 0 Å². The molecular weight excluding hydrogens is 240 g/mol. The molecule has 1 aromatic carbocycles. The summed E-state index contributed by atoms with van der Waals surface area (Å²) in [6, 6.07) is 3.65. The van der Waals surface area contributed by atoms with Crippen LogP contribution < -0.4 is 5.73 Å². The molecule has 0 fully saturated rings. The molecule has 0 aliphatic carbocycles. The van der Waals surface area contributed by atoms with Gasteiger partial charge in [-0.1, -0.05) is 0 Å². The van der Waals surface area contributed by atoms with Crippen molar-refractivity contribution in [1.82, 2.24) is 0 Å². The molecule has 98 valence electrons. The van der Waals surface area contributed by atoms with E-state index in [4.69, 9.17) is 15.2 Å². The minimum atomic E-state index is -0.674. The van der Waals surface area contributed by atoms with Crippen LogP contribution in [0.4, 0.5) is 11.4 Å². The number of ether oxygens (including phenoxy) is 2. The first-order valence-corrected chi connectivity index (χ1v) is 5.26. The quantitative estimate of drug-likeness (QED) is 0.270. The highest BCUT2D eigenvalue weighted by molar-refractivity contribution is 5.95. The van der Waals surface area contributed by atoms with E-state index in [1.54, 1.807) is 7.11 Å². The highest BCUT2D eigenvalue weighted by atomic mass is 16.6. The van der Waals surface area contributed by atoms with Gasteiger partial charge in [0.05, 0.1) is 17.1 Å². The minimum Gasteiger partial charge on any atom is -0.462 e. The third-order valence-corrected chi connectivity index (χ3v) is 2.19. The summed E-state index contributed by atoms with van der Waals surface area (Å²) >= 11 is 0. The van der Waals surface area contributed by atoms with Crippen molar-refractivity contribution in [2.45, 2.75) is 6.42 Å². The van der Waals surface area contributed by atoms with E-state index < -0.39 is 10.9 Å². The molecule has 0 amide bonds. The molecule has 2 N–H and O–H groups in total. The van der Waals surface area contributed by atoms with Gasteiger partial charge in [0.2, 0.25) is 0 Å². The van der Waals surface area contributed by atoms with Crippen molar-refractivity contribution in [2.75, 3.05) is 26.1 Å². The predicted molar refractivity (Wildman–Crippen MR) is 64.3 cm³/mol. The van der Waals surface area contributed by atoms with Crippen molar-refractivity contribution in [3.05, 3.63) is 33.9 Å². The number of nitrogen functional groups attached to an aromatic ring is 1. The van der Waals surface area contributed by atoms with Gasteiger partial charge < -0.3 is 15.2 Å². The van der Waals surface area contributed by atoms with Gasteiger partial charge in [0, 0.05) is 38.0 Å². The molecule has 0 aromatic heterocycles. The van der Waals surface area contributed by atoms with E-state index in [1.165, 1.54) is 12.1 Å². The third-order valence-electron chi connectivity index (χ3n) is 2.19. The van der Waals surface area contributed by atoms with Gasteiger partial charge >= 0.3 is 5.97 Å². The van der Waals surface area contributed by atoms with Crippen LogP contribution in [0.3, 0.4) is 0 Å². The Labute approximate surface area is 104 Å². The summed E-state index contributed by atoms with van der Waals surface area (Å²) in [6.45, 7) is 0.645. The Hall–Kier alpha value is -2.15. The summed E-state index contributed by atoms with van der Waals surface area (Å²) in [5, 5.41) is 10.6. The fraction of sp³-hybridized carbons (Fsp3) is 0.364. The van der Waals surface area contributed by atoms with Crippen molar-refractivity contribution < 1.29 is 19.2 Å². The van der Waals surface area contributed by atoms with Crippen molar-refractivity contribution in [3.8, 4) is 0 Å². The lowest BCUT2D eigenvalue weighted by Crippen LogP contribution is -2.10. The monoisotopic (exact) mass is 254 g/mol. The van der Waals surface area contributed by atoms with Crippen molar-refractivity contribution >= 4 is 17.3 Å². The lowest BCUT2D eigenvalue weighted by molar-refractivity contribution is -0.384. The van der Waals surface area contributed by atoms with Crippen molar-refractivity contribution in [3.63, 3.8) is 0 Å². The Morgan fingerprint density at radius 1 is 1.44 bits per heavy atom. The molecule has 0 heterocycles. The number of rotatable bonds is 6. The van der Waals surface area contributed by atoms with Crippen LogP contribution in [-0.2, 0) is 9.47 Å². The van der Waals surface area contributed by atoms with Gasteiger partial charge in [0.1, 0.15) is 0 Å².